The molecule has 2 aromatic carbocycles. The minimum atomic E-state index is -0.0745. The molecular weight excluding hydrogens is 298 g/mol. The first kappa shape index (κ1) is 15.1. The standard InChI is InChI=1S/C20H21N3O/c1-13-10-15(17-4-2-3-5-19(17)23-13)12-24-16-6-7-18-14(11-16)8-9-22-20(18)21/h2-7,10-11,20,22H,8-9,12,21H2,1H3. The van der Waals surface area contributed by atoms with Crippen LogP contribution in [0.1, 0.15) is 28.6 Å². The lowest BCUT2D eigenvalue weighted by molar-refractivity contribution is 0.306. The first-order valence-corrected chi connectivity index (χ1v) is 8.30. The topological polar surface area (TPSA) is 60.2 Å². The van der Waals surface area contributed by atoms with Crippen LogP contribution < -0.4 is 15.8 Å². The summed E-state index contributed by atoms with van der Waals surface area (Å²) in [7, 11) is 0. The third-order valence-corrected chi connectivity index (χ3v) is 4.53. The molecule has 0 fully saturated rings. The van der Waals surface area contributed by atoms with Gasteiger partial charge in [-0.05, 0) is 48.7 Å². The second-order valence-corrected chi connectivity index (χ2v) is 6.27. The van der Waals surface area contributed by atoms with Crippen molar-refractivity contribution in [3.8, 4) is 5.75 Å². The minimum absolute atomic E-state index is 0.0745. The number of benzene rings is 2. The summed E-state index contributed by atoms with van der Waals surface area (Å²) >= 11 is 0. The molecule has 4 nitrogen and oxygen atoms in total. The molecular formula is C20H21N3O. The van der Waals surface area contributed by atoms with Crippen LogP contribution in [0.2, 0.25) is 0 Å². The lowest BCUT2D eigenvalue weighted by atomic mass is 9.98. The number of para-hydroxylation sites is 1. The molecule has 1 aliphatic rings. The van der Waals surface area contributed by atoms with Gasteiger partial charge in [0.2, 0.25) is 0 Å². The van der Waals surface area contributed by atoms with Crippen LogP contribution in [0.25, 0.3) is 10.9 Å². The maximum absolute atomic E-state index is 6.08. The molecule has 3 aromatic rings. The fourth-order valence-corrected chi connectivity index (χ4v) is 3.34. The maximum atomic E-state index is 6.08. The van der Waals surface area contributed by atoms with Crippen molar-refractivity contribution in [1.29, 1.82) is 0 Å². The Labute approximate surface area is 141 Å². The van der Waals surface area contributed by atoms with Crippen LogP contribution in [0.3, 0.4) is 0 Å². The Morgan fingerprint density at radius 3 is 3.00 bits per heavy atom. The summed E-state index contributed by atoms with van der Waals surface area (Å²) in [6.45, 7) is 3.46. The van der Waals surface area contributed by atoms with Gasteiger partial charge in [0.1, 0.15) is 12.4 Å². The third kappa shape index (κ3) is 2.86. The molecule has 4 rings (SSSR count). The van der Waals surface area contributed by atoms with E-state index in [0.717, 1.165) is 40.9 Å². The van der Waals surface area contributed by atoms with Crippen LogP contribution in [0.4, 0.5) is 0 Å². The number of nitrogens with one attached hydrogen (secondary N) is 1. The van der Waals surface area contributed by atoms with Gasteiger partial charge in [-0.15, -0.1) is 0 Å². The number of rotatable bonds is 3. The van der Waals surface area contributed by atoms with Gasteiger partial charge in [0.15, 0.2) is 0 Å². The predicted octanol–water partition coefficient (Wildman–Crippen LogP) is 3.23. The Hall–Kier alpha value is -2.43. The van der Waals surface area contributed by atoms with Gasteiger partial charge in [-0.25, -0.2) is 0 Å². The van der Waals surface area contributed by atoms with Crippen LogP contribution in [-0.4, -0.2) is 11.5 Å². The number of aromatic nitrogens is 1. The van der Waals surface area contributed by atoms with Crippen LogP contribution >= 0.6 is 0 Å². The second-order valence-electron chi connectivity index (χ2n) is 6.27. The van der Waals surface area contributed by atoms with E-state index in [2.05, 4.69) is 34.6 Å². The number of hydrogen-bond acceptors (Lipinski definition) is 4. The van der Waals surface area contributed by atoms with Gasteiger partial charge in [0, 0.05) is 23.2 Å². The fourth-order valence-electron chi connectivity index (χ4n) is 3.34. The summed E-state index contributed by atoms with van der Waals surface area (Å²) in [5.74, 6) is 0.890. The summed E-state index contributed by atoms with van der Waals surface area (Å²) in [5, 5.41) is 4.42. The van der Waals surface area contributed by atoms with Crippen molar-refractivity contribution in [3.63, 3.8) is 0 Å². The normalized spacial score (nSPS) is 16.8. The predicted molar refractivity (Wildman–Crippen MR) is 95.9 cm³/mol. The van der Waals surface area contributed by atoms with E-state index in [1.54, 1.807) is 0 Å². The molecule has 3 N–H and O–H groups in total. The zero-order valence-corrected chi connectivity index (χ0v) is 13.8. The Morgan fingerprint density at radius 1 is 1.21 bits per heavy atom. The van der Waals surface area contributed by atoms with E-state index in [0.29, 0.717) is 6.61 Å². The average Bonchev–Trinajstić information content (AvgIpc) is 2.59. The number of nitrogens with zero attached hydrogens (tertiary/aromatic N) is 1. The molecule has 0 radical (unpaired) electrons. The molecule has 0 spiro atoms. The van der Waals surface area contributed by atoms with Crippen molar-refractivity contribution in [3.05, 3.63) is 70.9 Å². The number of aryl methyl sites for hydroxylation is 1. The van der Waals surface area contributed by atoms with Crippen molar-refractivity contribution in [2.45, 2.75) is 26.1 Å². The van der Waals surface area contributed by atoms with E-state index >= 15 is 0 Å². The lowest BCUT2D eigenvalue weighted by Crippen LogP contribution is -2.35. The molecule has 0 bridgehead atoms. The van der Waals surface area contributed by atoms with Gasteiger partial charge in [-0.2, -0.15) is 0 Å². The number of fused-ring (bicyclic) bond motifs is 2. The van der Waals surface area contributed by atoms with E-state index < -0.39 is 0 Å². The largest absolute Gasteiger partial charge is 0.489 e. The zero-order chi connectivity index (χ0) is 16.5. The lowest BCUT2D eigenvalue weighted by Gasteiger charge is -2.24. The highest BCUT2D eigenvalue weighted by Crippen LogP contribution is 2.26. The van der Waals surface area contributed by atoms with Gasteiger partial charge in [0.25, 0.3) is 0 Å². The van der Waals surface area contributed by atoms with E-state index in [4.69, 9.17) is 10.5 Å². The minimum Gasteiger partial charge on any atom is -0.489 e. The van der Waals surface area contributed by atoms with Crippen LogP contribution in [-0.2, 0) is 13.0 Å². The monoisotopic (exact) mass is 319 g/mol. The van der Waals surface area contributed by atoms with Gasteiger partial charge in [-0.1, -0.05) is 24.3 Å². The van der Waals surface area contributed by atoms with Crippen molar-refractivity contribution in [2.75, 3.05) is 6.54 Å². The number of ether oxygens (including phenoxy) is 1. The Balaban J connectivity index is 1.59. The molecule has 122 valence electrons. The van der Waals surface area contributed by atoms with Crippen LogP contribution in [0.5, 0.6) is 5.75 Å². The zero-order valence-electron chi connectivity index (χ0n) is 13.8. The van der Waals surface area contributed by atoms with E-state index in [1.807, 2.05) is 31.2 Å². The SMILES string of the molecule is Cc1cc(COc2ccc3c(c2)CCNC3N)c2ccccc2n1. The molecule has 4 heteroatoms. The first-order chi connectivity index (χ1) is 11.7. The van der Waals surface area contributed by atoms with Crippen molar-refractivity contribution in [1.82, 2.24) is 10.3 Å². The van der Waals surface area contributed by atoms with Crippen LogP contribution in [0.15, 0.2) is 48.5 Å². The Kier molecular flexibility index (Phi) is 3.92. The molecule has 1 aromatic heterocycles. The third-order valence-electron chi connectivity index (χ3n) is 4.53. The summed E-state index contributed by atoms with van der Waals surface area (Å²) in [4.78, 5) is 4.58. The van der Waals surface area contributed by atoms with E-state index in [-0.39, 0.29) is 6.17 Å². The number of pyridine rings is 1. The highest BCUT2D eigenvalue weighted by atomic mass is 16.5. The summed E-state index contributed by atoms with van der Waals surface area (Å²) in [6, 6.07) is 16.5. The smallest absolute Gasteiger partial charge is 0.120 e. The number of nitrogens with two attached hydrogens (primary N) is 1. The highest BCUT2D eigenvalue weighted by molar-refractivity contribution is 5.82. The molecule has 1 unspecified atom stereocenters. The molecule has 24 heavy (non-hydrogen) atoms. The number of hydrogen-bond donors (Lipinski definition) is 2. The molecule has 0 saturated heterocycles. The summed E-state index contributed by atoms with van der Waals surface area (Å²) in [6.07, 6.45) is 0.909. The highest BCUT2D eigenvalue weighted by Gasteiger charge is 2.16. The van der Waals surface area contributed by atoms with Crippen molar-refractivity contribution in [2.24, 2.45) is 5.73 Å². The molecule has 1 aliphatic heterocycles. The molecule has 0 saturated carbocycles. The quantitative estimate of drug-likeness (QED) is 0.778. The summed E-state index contributed by atoms with van der Waals surface area (Å²) < 4.78 is 6.07. The Bertz CT molecular complexity index is 891. The average molecular weight is 319 g/mol. The van der Waals surface area contributed by atoms with Crippen molar-refractivity contribution < 1.29 is 4.74 Å². The van der Waals surface area contributed by atoms with Gasteiger partial charge >= 0.3 is 0 Å². The van der Waals surface area contributed by atoms with Crippen LogP contribution in [0, 0.1) is 6.92 Å². The second kappa shape index (κ2) is 6.23. The van der Waals surface area contributed by atoms with Gasteiger partial charge in [0.05, 0.1) is 11.7 Å². The molecule has 2 heterocycles. The van der Waals surface area contributed by atoms with Gasteiger partial charge in [-0.3, -0.25) is 10.3 Å². The van der Waals surface area contributed by atoms with Crippen molar-refractivity contribution >= 4 is 10.9 Å². The maximum Gasteiger partial charge on any atom is 0.120 e. The van der Waals surface area contributed by atoms with Gasteiger partial charge < -0.3 is 10.5 Å². The van der Waals surface area contributed by atoms with E-state index in [1.165, 1.54) is 11.1 Å². The molecule has 0 aliphatic carbocycles. The molecule has 0 amide bonds. The molecule has 1 atom stereocenters. The first-order valence-electron chi connectivity index (χ1n) is 8.30. The fraction of sp³-hybridized carbons (Fsp3) is 0.250. The Morgan fingerprint density at radius 2 is 2.08 bits per heavy atom. The summed E-state index contributed by atoms with van der Waals surface area (Å²) in [5.41, 5.74) is 11.7. The van der Waals surface area contributed by atoms with E-state index in [9.17, 15) is 0 Å².